The predicted molar refractivity (Wildman–Crippen MR) is 147 cm³/mol. The van der Waals surface area contributed by atoms with E-state index in [1.807, 2.05) is 0 Å². The zero-order chi connectivity index (χ0) is 27.3. The number of amides is 2. The fourth-order valence-electron chi connectivity index (χ4n) is 3.10. The van der Waals surface area contributed by atoms with Crippen LogP contribution < -0.4 is 20.1 Å². The maximum atomic E-state index is 12.8. The number of carboxylic acids is 1. The van der Waals surface area contributed by atoms with E-state index in [1.54, 1.807) is 42.5 Å². The highest BCUT2D eigenvalue weighted by atomic mass is 35.5. The van der Waals surface area contributed by atoms with Gasteiger partial charge >= 0.3 is 5.97 Å². The summed E-state index contributed by atoms with van der Waals surface area (Å²) in [7, 11) is 3.03. The second kappa shape index (κ2) is 12.6. The Labute approximate surface area is 236 Å². The zero-order valence-electron chi connectivity index (χ0n) is 19.2. The number of aromatic carboxylic acids is 1. The number of nitrogens with one attached hydrogen (secondary N) is 2. The Morgan fingerprint density at radius 1 is 0.784 bits per heavy atom. The average molecular weight is 604 g/mol. The lowest BCUT2D eigenvalue weighted by Gasteiger charge is -2.14. The lowest BCUT2D eigenvalue weighted by atomic mass is 10.1. The third-order valence-corrected chi connectivity index (χ3v) is 7.64. The molecule has 0 saturated heterocycles. The predicted octanol–water partition coefficient (Wildman–Crippen LogP) is 7.00. The van der Waals surface area contributed by atoms with Crippen molar-refractivity contribution in [1.29, 1.82) is 0 Å². The molecule has 13 heteroatoms. The summed E-state index contributed by atoms with van der Waals surface area (Å²) in [5.74, 6) is -1.38. The molecule has 0 aliphatic heterocycles. The van der Waals surface area contributed by atoms with Crippen molar-refractivity contribution in [2.24, 2.45) is 0 Å². The van der Waals surface area contributed by atoms with E-state index >= 15 is 0 Å². The summed E-state index contributed by atoms with van der Waals surface area (Å²) >= 11 is 25.3. The van der Waals surface area contributed by atoms with Crippen molar-refractivity contribution in [2.75, 3.05) is 30.6 Å². The Balaban J connectivity index is 1.66. The lowest BCUT2D eigenvalue weighted by Crippen LogP contribution is -2.18. The van der Waals surface area contributed by atoms with E-state index in [0.717, 1.165) is 4.90 Å². The second-order valence-electron chi connectivity index (χ2n) is 7.23. The van der Waals surface area contributed by atoms with E-state index in [9.17, 15) is 19.5 Å². The molecule has 0 saturated carbocycles. The first-order chi connectivity index (χ1) is 17.5. The third kappa shape index (κ3) is 6.94. The smallest absolute Gasteiger partial charge is 0.338 e. The molecule has 3 N–H and O–H groups in total. The molecule has 2 amide bonds. The maximum absolute atomic E-state index is 12.8. The van der Waals surface area contributed by atoms with Gasteiger partial charge in [0.2, 0.25) is 5.91 Å². The van der Waals surface area contributed by atoms with Crippen LogP contribution in [0.15, 0.2) is 47.4 Å². The van der Waals surface area contributed by atoms with Crippen LogP contribution in [-0.4, -0.2) is 42.9 Å². The molecule has 0 heterocycles. The van der Waals surface area contributed by atoms with E-state index in [2.05, 4.69) is 10.6 Å². The van der Waals surface area contributed by atoms with Gasteiger partial charge in [-0.2, -0.15) is 0 Å². The monoisotopic (exact) mass is 602 g/mol. The Morgan fingerprint density at radius 3 is 1.84 bits per heavy atom. The number of anilines is 2. The number of benzene rings is 3. The highest BCUT2D eigenvalue weighted by Crippen LogP contribution is 2.42. The van der Waals surface area contributed by atoms with Gasteiger partial charge in [-0.05, 0) is 24.3 Å². The number of hydrogen-bond acceptors (Lipinski definition) is 6. The number of methoxy groups -OCH3 is 2. The molecule has 0 atom stereocenters. The highest BCUT2D eigenvalue weighted by molar-refractivity contribution is 8.00. The van der Waals surface area contributed by atoms with Crippen LogP contribution in [0.4, 0.5) is 11.4 Å². The number of rotatable bonds is 9. The van der Waals surface area contributed by atoms with Gasteiger partial charge in [0.25, 0.3) is 5.91 Å². The number of carboxylic acid groups (broad SMARTS) is 1. The van der Waals surface area contributed by atoms with Crippen LogP contribution in [0.1, 0.15) is 20.7 Å². The summed E-state index contributed by atoms with van der Waals surface area (Å²) in [6.07, 6.45) is 0. The molecular formula is C24H18Cl4N2O6S. The third-order valence-electron chi connectivity index (χ3n) is 4.83. The summed E-state index contributed by atoms with van der Waals surface area (Å²) in [4.78, 5) is 37.7. The number of ether oxygens (including phenoxy) is 2. The van der Waals surface area contributed by atoms with Crippen LogP contribution in [0.3, 0.4) is 0 Å². The Hall–Kier alpha value is -2.82. The molecule has 0 aromatic heterocycles. The van der Waals surface area contributed by atoms with Gasteiger partial charge in [-0.1, -0.05) is 46.4 Å². The molecule has 3 aromatic rings. The molecule has 0 bridgehead atoms. The first kappa shape index (κ1) is 28.7. The quantitative estimate of drug-likeness (QED) is 0.137. The molecule has 0 fully saturated rings. The summed E-state index contributed by atoms with van der Waals surface area (Å²) in [6, 6.07) is 11.6. The van der Waals surface area contributed by atoms with Gasteiger partial charge in [-0.15, -0.1) is 11.8 Å². The van der Waals surface area contributed by atoms with Gasteiger partial charge in [0.05, 0.1) is 51.2 Å². The first-order valence-corrected chi connectivity index (χ1v) is 12.7. The Morgan fingerprint density at radius 2 is 1.32 bits per heavy atom. The lowest BCUT2D eigenvalue weighted by molar-refractivity contribution is -0.113. The summed E-state index contributed by atoms with van der Waals surface area (Å²) < 4.78 is 10.4. The van der Waals surface area contributed by atoms with E-state index in [4.69, 9.17) is 55.9 Å². The Bertz CT molecular complexity index is 1350. The maximum Gasteiger partial charge on any atom is 0.338 e. The minimum atomic E-state index is -1.49. The van der Waals surface area contributed by atoms with E-state index in [-0.39, 0.29) is 26.7 Å². The van der Waals surface area contributed by atoms with Gasteiger partial charge in [0, 0.05) is 34.5 Å². The van der Waals surface area contributed by atoms with Crippen molar-refractivity contribution in [3.63, 3.8) is 0 Å². The average Bonchev–Trinajstić information content (AvgIpc) is 2.88. The minimum Gasteiger partial charge on any atom is -0.497 e. The van der Waals surface area contributed by atoms with E-state index in [1.165, 1.54) is 26.0 Å². The van der Waals surface area contributed by atoms with Crippen LogP contribution in [0.5, 0.6) is 11.5 Å². The molecule has 37 heavy (non-hydrogen) atoms. The van der Waals surface area contributed by atoms with Gasteiger partial charge < -0.3 is 25.2 Å². The van der Waals surface area contributed by atoms with Crippen LogP contribution in [0.25, 0.3) is 0 Å². The van der Waals surface area contributed by atoms with Crippen molar-refractivity contribution in [3.8, 4) is 11.5 Å². The van der Waals surface area contributed by atoms with E-state index in [0.29, 0.717) is 22.9 Å². The molecule has 0 aliphatic carbocycles. The topological polar surface area (TPSA) is 114 Å². The minimum absolute atomic E-state index is 0.116. The number of carbonyl (C=O) groups excluding carboxylic acids is 2. The van der Waals surface area contributed by atoms with Crippen LogP contribution in [0, 0.1) is 0 Å². The molecule has 0 aliphatic rings. The number of hydrogen-bond donors (Lipinski definition) is 3. The largest absolute Gasteiger partial charge is 0.497 e. The molecular weight excluding hydrogens is 586 g/mol. The van der Waals surface area contributed by atoms with Gasteiger partial charge in [0.1, 0.15) is 11.5 Å². The Kier molecular flexibility index (Phi) is 9.80. The molecule has 3 rings (SSSR count). The normalized spacial score (nSPS) is 10.5. The molecule has 194 valence electrons. The van der Waals surface area contributed by atoms with Gasteiger partial charge in [0.15, 0.2) is 0 Å². The highest BCUT2D eigenvalue weighted by Gasteiger charge is 2.28. The van der Waals surface area contributed by atoms with Gasteiger partial charge in [-0.25, -0.2) is 4.79 Å². The molecule has 0 unspecified atom stereocenters. The molecule has 3 aromatic carbocycles. The fourth-order valence-corrected chi connectivity index (χ4v) is 4.82. The van der Waals surface area contributed by atoms with Crippen molar-refractivity contribution < 1.29 is 29.0 Å². The molecule has 0 radical (unpaired) electrons. The SMILES string of the molecule is COc1cc(NC(=O)CSc2ccc(NC(=O)c3c(Cl)c(Cl)c(Cl)c(Cl)c3C(=O)O)cc2)cc(OC)c1. The summed E-state index contributed by atoms with van der Waals surface area (Å²) in [6.45, 7) is 0. The van der Waals surface area contributed by atoms with Crippen molar-refractivity contribution >= 4 is 87.3 Å². The summed E-state index contributed by atoms with van der Waals surface area (Å²) in [5, 5.41) is 13.6. The zero-order valence-corrected chi connectivity index (χ0v) is 23.0. The van der Waals surface area contributed by atoms with Crippen LogP contribution in [0.2, 0.25) is 20.1 Å². The number of thioether (sulfide) groups is 1. The summed E-state index contributed by atoms with van der Waals surface area (Å²) in [5.41, 5.74) is -0.109. The number of halogens is 4. The van der Waals surface area contributed by atoms with Gasteiger partial charge in [-0.3, -0.25) is 9.59 Å². The standard InChI is InChI=1S/C24H18Cl4N2O6S/c1-35-13-7-12(8-14(9-13)36-2)29-16(31)10-37-15-5-3-11(4-6-15)30-23(32)17-18(24(33)34)20(26)22(28)21(27)19(17)25/h3-9H,10H2,1-2H3,(H,29,31)(H,30,32)(H,33,34). The van der Waals surface area contributed by atoms with E-state index < -0.39 is 28.0 Å². The van der Waals surface area contributed by atoms with Crippen molar-refractivity contribution in [2.45, 2.75) is 4.90 Å². The van der Waals surface area contributed by atoms with Crippen molar-refractivity contribution in [1.82, 2.24) is 0 Å². The first-order valence-electron chi connectivity index (χ1n) is 10.2. The molecule has 0 spiro atoms. The second-order valence-corrected chi connectivity index (χ2v) is 9.79. The fraction of sp³-hybridized carbons (Fsp3) is 0.125. The van der Waals surface area contributed by atoms with Crippen molar-refractivity contribution in [3.05, 3.63) is 73.7 Å². The number of carbonyl (C=O) groups is 3. The molecule has 8 nitrogen and oxygen atoms in total. The van der Waals surface area contributed by atoms with Crippen LogP contribution in [-0.2, 0) is 4.79 Å². The van der Waals surface area contributed by atoms with Crippen LogP contribution >= 0.6 is 58.2 Å².